The van der Waals surface area contributed by atoms with Crippen molar-refractivity contribution >= 4 is 15.9 Å². The van der Waals surface area contributed by atoms with Gasteiger partial charge in [-0.2, -0.15) is 0 Å². The number of rotatable bonds is 7. The molecule has 1 aromatic carbocycles. The van der Waals surface area contributed by atoms with E-state index in [1.807, 2.05) is 42.5 Å². The van der Waals surface area contributed by atoms with Crippen molar-refractivity contribution in [1.82, 2.24) is 10.3 Å². The molecule has 0 radical (unpaired) electrons. The van der Waals surface area contributed by atoms with Crippen LogP contribution in [0.3, 0.4) is 0 Å². The molecule has 0 saturated heterocycles. The maximum atomic E-state index is 5.79. The third-order valence-electron chi connectivity index (χ3n) is 2.94. The van der Waals surface area contributed by atoms with Crippen molar-refractivity contribution in [2.75, 3.05) is 6.54 Å². The number of nitrogens with one attached hydrogen (secondary N) is 1. The van der Waals surface area contributed by atoms with Crippen LogP contribution in [0.5, 0.6) is 5.75 Å². The standard InChI is InChI=1S/C17H21BrN2O/c1-13(2)10-19-11-14-6-5-7-15(20-14)12-21-17-9-4-3-8-16(17)18/h3-9,13,19H,10-12H2,1-2H3. The van der Waals surface area contributed by atoms with Crippen LogP contribution in [-0.2, 0) is 13.2 Å². The Labute approximate surface area is 134 Å². The molecule has 0 aliphatic rings. The number of pyridine rings is 1. The summed E-state index contributed by atoms with van der Waals surface area (Å²) < 4.78 is 6.75. The molecule has 1 N–H and O–H groups in total. The highest BCUT2D eigenvalue weighted by Crippen LogP contribution is 2.24. The molecule has 3 nitrogen and oxygen atoms in total. The van der Waals surface area contributed by atoms with Crippen molar-refractivity contribution in [1.29, 1.82) is 0 Å². The summed E-state index contributed by atoms with van der Waals surface area (Å²) >= 11 is 3.48. The van der Waals surface area contributed by atoms with E-state index in [9.17, 15) is 0 Å². The molecule has 0 unspecified atom stereocenters. The van der Waals surface area contributed by atoms with E-state index in [2.05, 4.69) is 40.1 Å². The lowest BCUT2D eigenvalue weighted by molar-refractivity contribution is 0.299. The minimum Gasteiger partial charge on any atom is -0.486 e. The zero-order valence-corrected chi connectivity index (χ0v) is 14.1. The number of hydrogen-bond donors (Lipinski definition) is 1. The van der Waals surface area contributed by atoms with E-state index in [4.69, 9.17) is 4.74 Å². The van der Waals surface area contributed by atoms with Crippen LogP contribution in [0.1, 0.15) is 25.2 Å². The minimum absolute atomic E-state index is 0.473. The van der Waals surface area contributed by atoms with Crippen molar-refractivity contribution in [3.8, 4) is 5.75 Å². The van der Waals surface area contributed by atoms with Crippen LogP contribution in [0, 0.1) is 5.92 Å². The van der Waals surface area contributed by atoms with E-state index < -0.39 is 0 Å². The first-order chi connectivity index (χ1) is 10.1. The Morgan fingerprint density at radius 3 is 2.62 bits per heavy atom. The highest BCUT2D eigenvalue weighted by Gasteiger charge is 2.02. The van der Waals surface area contributed by atoms with Gasteiger partial charge >= 0.3 is 0 Å². The Morgan fingerprint density at radius 2 is 1.86 bits per heavy atom. The summed E-state index contributed by atoms with van der Waals surface area (Å²) in [4.78, 5) is 4.61. The van der Waals surface area contributed by atoms with Crippen molar-refractivity contribution in [2.45, 2.75) is 27.0 Å². The average molecular weight is 349 g/mol. The summed E-state index contributed by atoms with van der Waals surface area (Å²) in [6.45, 7) is 6.66. The van der Waals surface area contributed by atoms with Crippen LogP contribution in [0.15, 0.2) is 46.9 Å². The number of benzene rings is 1. The van der Waals surface area contributed by atoms with Gasteiger partial charge < -0.3 is 10.1 Å². The molecular weight excluding hydrogens is 328 g/mol. The topological polar surface area (TPSA) is 34.1 Å². The number of para-hydroxylation sites is 1. The van der Waals surface area contributed by atoms with E-state index in [-0.39, 0.29) is 0 Å². The van der Waals surface area contributed by atoms with Gasteiger partial charge in [-0.3, -0.25) is 4.98 Å². The molecule has 0 atom stereocenters. The Hall–Kier alpha value is -1.39. The second-order valence-electron chi connectivity index (χ2n) is 5.36. The maximum Gasteiger partial charge on any atom is 0.134 e. The van der Waals surface area contributed by atoms with E-state index in [1.165, 1.54) is 0 Å². The Bertz CT molecular complexity index is 572. The normalized spacial score (nSPS) is 10.9. The smallest absolute Gasteiger partial charge is 0.134 e. The number of ether oxygens (including phenoxy) is 1. The molecule has 0 fully saturated rings. The van der Waals surface area contributed by atoms with Gasteiger partial charge in [-0.1, -0.05) is 32.0 Å². The van der Waals surface area contributed by atoms with E-state index in [0.717, 1.165) is 34.7 Å². The molecule has 1 heterocycles. The molecule has 1 aromatic heterocycles. The third kappa shape index (κ3) is 5.48. The molecule has 0 aliphatic carbocycles. The van der Waals surface area contributed by atoms with Crippen molar-refractivity contribution in [3.63, 3.8) is 0 Å². The van der Waals surface area contributed by atoms with Crippen LogP contribution in [-0.4, -0.2) is 11.5 Å². The molecule has 0 aliphatic heterocycles. The highest BCUT2D eigenvalue weighted by atomic mass is 79.9. The SMILES string of the molecule is CC(C)CNCc1cccc(COc2ccccc2Br)n1. The van der Waals surface area contributed by atoms with E-state index in [1.54, 1.807) is 0 Å². The lowest BCUT2D eigenvalue weighted by atomic mass is 10.2. The van der Waals surface area contributed by atoms with Gasteiger partial charge in [-0.05, 0) is 52.7 Å². The third-order valence-corrected chi connectivity index (χ3v) is 3.59. The molecule has 4 heteroatoms. The van der Waals surface area contributed by atoms with Gasteiger partial charge in [0.05, 0.1) is 15.9 Å². The fraction of sp³-hybridized carbons (Fsp3) is 0.353. The maximum absolute atomic E-state index is 5.79. The molecule has 0 saturated carbocycles. The van der Waals surface area contributed by atoms with Gasteiger partial charge in [-0.15, -0.1) is 0 Å². The average Bonchev–Trinajstić information content (AvgIpc) is 2.46. The van der Waals surface area contributed by atoms with Gasteiger partial charge in [0, 0.05) is 6.54 Å². The van der Waals surface area contributed by atoms with Gasteiger partial charge in [0.15, 0.2) is 0 Å². The number of hydrogen-bond acceptors (Lipinski definition) is 3. The summed E-state index contributed by atoms with van der Waals surface area (Å²) in [5, 5.41) is 3.40. The summed E-state index contributed by atoms with van der Waals surface area (Å²) in [5.74, 6) is 1.48. The fourth-order valence-corrected chi connectivity index (χ4v) is 2.31. The van der Waals surface area contributed by atoms with Gasteiger partial charge in [-0.25, -0.2) is 0 Å². The van der Waals surface area contributed by atoms with Crippen molar-refractivity contribution in [3.05, 3.63) is 58.3 Å². The van der Waals surface area contributed by atoms with Crippen molar-refractivity contribution in [2.24, 2.45) is 5.92 Å². The van der Waals surface area contributed by atoms with Crippen LogP contribution in [0.4, 0.5) is 0 Å². The van der Waals surface area contributed by atoms with E-state index in [0.29, 0.717) is 12.5 Å². The zero-order valence-electron chi connectivity index (χ0n) is 12.5. The highest BCUT2D eigenvalue weighted by molar-refractivity contribution is 9.10. The Kier molecular flexibility index (Phi) is 6.21. The molecule has 21 heavy (non-hydrogen) atoms. The van der Waals surface area contributed by atoms with Gasteiger partial charge in [0.25, 0.3) is 0 Å². The molecule has 0 spiro atoms. The molecule has 0 amide bonds. The van der Waals surface area contributed by atoms with Gasteiger partial charge in [0.2, 0.25) is 0 Å². The van der Waals surface area contributed by atoms with Crippen LogP contribution in [0.25, 0.3) is 0 Å². The first-order valence-corrected chi connectivity index (χ1v) is 7.97. The van der Waals surface area contributed by atoms with Crippen LogP contribution in [0.2, 0.25) is 0 Å². The minimum atomic E-state index is 0.473. The molecule has 2 aromatic rings. The largest absolute Gasteiger partial charge is 0.486 e. The molecule has 0 bridgehead atoms. The first kappa shape index (κ1) is 16.0. The Balaban J connectivity index is 1.90. The second kappa shape index (κ2) is 8.15. The van der Waals surface area contributed by atoms with Gasteiger partial charge in [0.1, 0.15) is 12.4 Å². The molecule has 112 valence electrons. The van der Waals surface area contributed by atoms with E-state index >= 15 is 0 Å². The monoisotopic (exact) mass is 348 g/mol. The van der Waals surface area contributed by atoms with Crippen molar-refractivity contribution < 1.29 is 4.74 Å². The zero-order chi connectivity index (χ0) is 15.1. The first-order valence-electron chi connectivity index (χ1n) is 7.18. The number of halogens is 1. The number of nitrogens with zero attached hydrogens (tertiary/aromatic N) is 1. The molecule has 2 rings (SSSR count). The lowest BCUT2D eigenvalue weighted by Crippen LogP contribution is -2.19. The summed E-state index contributed by atoms with van der Waals surface area (Å²) in [7, 11) is 0. The predicted molar refractivity (Wildman–Crippen MR) is 89.3 cm³/mol. The summed E-state index contributed by atoms with van der Waals surface area (Å²) in [5.41, 5.74) is 1.98. The predicted octanol–water partition coefficient (Wildman–Crippen LogP) is 4.17. The summed E-state index contributed by atoms with van der Waals surface area (Å²) in [6, 6.07) is 13.9. The number of aromatic nitrogens is 1. The summed E-state index contributed by atoms with van der Waals surface area (Å²) in [6.07, 6.45) is 0. The second-order valence-corrected chi connectivity index (χ2v) is 6.22. The Morgan fingerprint density at radius 1 is 1.10 bits per heavy atom. The molecular formula is C17H21BrN2O. The van der Waals surface area contributed by atoms with Crippen LogP contribution < -0.4 is 10.1 Å². The fourth-order valence-electron chi connectivity index (χ4n) is 1.91. The lowest BCUT2D eigenvalue weighted by Gasteiger charge is -2.10. The quantitative estimate of drug-likeness (QED) is 0.815. The van der Waals surface area contributed by atoms with Crippen LogP contribution >= 0.6 is 15.9 Å².